The van der Waals surface area contributed by atoms with Crippen LogP contribution in [0.4, 0.5) is 5.69 Å². The maximum atomic E-state index is 13.4. The molecule has 0 bridgehead atoms. The third-order valence-corrected chi connectivity index (χ3v) is 6.84. The van der Waals surface area contributed by atoms with Crippen molar-refractivity contribution in [2.75, 3.05) is 0 Å². The molecule has 2 fully saturated rings. The van der Waals surface area contributed by atoms with Gasteiger partial charge in [0.2, 0.25) is 0 Å². The van der Waals surface area contributed by atoms with Crippen molar-refractivity contribution in [2.24, 2.45) is 10.9 Å². The topological polar surface area (TPSA) is 32.7 Å². The van der Waals surface area contributed by atoms with Crippen molar-refractivity contribution in [3.05, 3.63) is 69.5 Å². The lowest BCUT2D eigenvalue weighted by molar-refractivity contribution is -0.124. The molecule has 2 aliphatic rings. The number of nitrogens with zero attached hydrogens (tertiary/aromatic N) is 2. The SMILES string of the molecule is C[C@@H]1CCCC[C@H]1N1C(=O)/C(=C/c2cccc(Br)c2)SC1=Nc1ccccc1. The molecular weight excluding hydrogens is 432 g/mol. The summed E-state index contributed by atoms with van der Waals surface area (Å²) in [6.07, 6.45) is 6.62. The Kier molecular flexibility index (Phi) is 6.02. The molecule has 1 aliphatic carbocycles. The number of carbonyl (C=O) groups excluding carboxylic acids is 1. The van der Waals surface area contributed by atoms with Gasteiger partial charge in [-0.25, -0.2) is 4.99 Å². The van der Waals surface area contributed by atoms with Crippen LogP contribution in [0.3, 0.4) is 0 Å². The molecule has 2 atom stereocenters. The van der Waals surface area contributed by atoms with E-state index < -0.39 is 0 Å². The monoisotopic (exact) mass is 454 g/mol. The van der Waals surface area contributed by atoms with E-state index in [-0.39, 0.29) is 11.9 Å². The first kappa shape index (κ1) is 19.5. The molecule has 0 aromatic heterocycles. The highest BCUT2D eigenvalue weighted by Crippen LogP contribution is 2.40. The second-order valence-corrected chi connectivity index (χ2v) is 9.32. The fourth-order valence-corrected chi connectivity index (χ4v) is 5.36. The first-order chi connectivity index (χ1) is 13.6. The fourth-order valence-electron chi connectivity index (χ4n) is 3.90. The van der Waals surface area contributed by atoms with Crippen molar-refractivity contribution < 1.29 is 4.79 Å². The van der Waals surface area contributed by atoms with E-state index in [4.69, 9.17) is 4.99 Å². The lowest BCUT2D eigenvalue weighted by atomic mass is 9.85. The number of para-hydroxylation sites is 1. The van der Waals surface area contributed by atoms with Crippen molar-refractivity contribution in [3.63, 3.8) is 0 Å². The average Bonchev–Trinajstić information content (AvgIpc) is 2.98. The third-order valence-electron chi connectivity index (χ3n) is 5.36. The molecule has 0 N–H and O–H groups in total. The number of thioether (sulfide) groups is 1. The third kappa shape index (κ3) is 4.26. The summed E-state index contributed by atoms with van der Waals surface area (Å²) in [5, 5.41) is 0.802. The number of amidine groups is 1. The van der Waals surface area contributed by atoms with Gasteiger partial charge in [0.05, 0.1) is 10.6 Å². The lowest BCUT2D eigenvalue weighted by Gasteiger charge is -2.35. The van der Waals surface area contributed by atoms with Crippen LogP contribution in [0.15, 0.2) is 69.0 Å². The van der Waals surface area contributed by atoms with Gasteiger partial charge in [0.25, 0.3) is 5.91 Å². The Morgan fingerprint density at radius 1 is 1.11 bits per heavy atom. The molecule has 2 aromatic rings. The van der Waals surface area contributed by atoms with Gasteiger partial charge in [0.1, 0.15) is 0 Å². The maximum Gasteiger partial charge on any atom is 0.267 e. The van der Waals surface area contributed by atoms with Gasteiger partial charge in [-0.2, -0.15) is 0 Å². The van der Waals surface area contributed by atoms with Crippen molar-refractivity contribution in [1.82, 2.24) is 4.90 Å². The molecule has 28 heavy (non-hydrogen) atoms. The fraction of sp³-hybridized carbons (Fsp3) is 0.304. The number of aliphatic imine (C=N–C) groups is 1. The standard InChI is InChI=1S/C23H23BrN2OS/c1-16-8-5-6-13-20(16)26-22(27)21(15-17-9-7-10-18(24)14-17)28-23(26)25-19-11-3-2-4-12-19/h2-4,7,9-12,14-16,20H,5-6,8,13H2,1H3/b21-15-,25-23?/t16-,20-/m1/s1. The van der Waals surface area contributed by atoms with E-state index in [9.17, 15) is 4.79 Å². The Morgan fingerprint density at radius 2 is 1.89 bits per heavy atom. The molecule has 1 amide bonds. The van der Waals surface area contributed by atoms with Crippen LogP contribution in [0, 0.1) is 5.92 Å². The van der Waals surface area contributed by atoms with Crippen molar-refractivity contribution >= 4 is 50.5 Å². The van der Waals surface area contributed by atoms with Gasteiger partial charge in [-0.1, -0.05) is 66.0 Å². The first-order valence-electron chi connectivity index (χ1n) is 9.74. The van der Waals surface area contributed by atoms with Crippen LogP contribution < -0.4 is 0 Å². The largest absolute Gasteiger partial charge is 0.283 e. The zero-order valence-electron chi connectivity index (χ0n) is 15.8. The Morgan fingerprint density at radius 3 is 2.64 bits per heavy atom. The van der Waals surface area contributed by atoms with Gasteiger partial charge in [0, 0.05) is 10.5 Å². The molecule has 1 saturated heterocycles. The van der Waals surface area contributed by atoms with Gasteiger partial charge >= 0.3 is 0 Å². The molecular formula is C23H23BrN2OS. The molecule has 144 valence electrons. The smallest absolute Gasteiger partial charge is 0.267 e. The first-order valence-corrected chi connectivity index (χ1v) is 11.4. The van der Waals surface area contributed by atoms with E-state index in [1.165, 1.54) is 31.0 Å². The van der Waals surface area contributed by atoms with Crippen LogP contribution in [0.5, 0.6) is 0 Å². The highest BCUT2D eigenvalue weighted by molar-refractivity contribution is 9.10. The van der Waals surface area contributed by atoms with Crippen molar-refractivity contribution in [2.45, 2.75) is 38.6 Å². The summed E-state index contributed by atoms with van der Waals surface area (Å²) in [5.41, 5.74) is 1.90. The zero-order chi connectivity index (χ0) is 19.5. The van der Waals surface area contributed by atoms with E-state index in [2.05, 4.69) is 22.9 Å². The van der Waals surface area contributed by atoms with Gasteiger partial charge in [-0.3, -0.25) is 9.69 Å². The average molecular weight is 455 g/mol. The molecule has 1 aliphatic heterocycles. The summed E-state index contributed by atoms with van der Waals surface area (Å²) in [6, 6.07) is 18.2. The molecule has 5 heteroatoms. The Hall–Kier alpha value is -1.85. The number of rotatable bonds is 3. The Balaban J connectivity index is 1.72. The van der Waals surface area contributed by atoms with E-state index in [1.807, 2.05) is 65.6 Å². The van der Waals surface area contributed by atoms with E-state index in [0.717, 1.165) is 32.2 Å². The van der Waals surface area contributed by atoms with Crippen molar-refractivity contribution in [1.29, 1.82) is 0 Å². The van der Waals surface area contributed by atoms with Crippen molar-refractivity contribution in [3.8, 4) is 0 Å². The van der Waals surface area contributed by atoms with Crippen LogP contribution in [0.1, 0.15) is 38.2 Å². The number of hydrogen-bond acceptors (Lipinski definition) is 3. The molecule has 4 rings (SSSR count). The molecule has 0 radical (unpaired) electrons. The molecule has 2 aromatic carbocycles. The Bertz CT molecular complexity index is 925. The van der Waals surface area contributed by atoms with Gasteiger partial charge in [-0.05, 0) is 66.4 Å². The van der Waals surface area contributed by atoms with Gasteiger partial charge < -0.3 is 0 Å². The van der Waals surface area contributed by atoms with Crippen LogP contribution in [-0.2, 0) is 4.79 Å². The maximum absolute atomic E-state index is 13.4. The van der Waals surface area contributed by atoms with E-state index >= 15 is 0 Å². The molecule has 0 spiro atoms. The summed E-state index contributed by atoms with van der Waals surface area (Å²) < 4.78 is 1.01. The minimum Gasteiger partial charge on any atom is -0.283 e. The molecule has 3 nitrogen and oxygen atoms in total. The second-order valence-electron chi connectivity index (χ2n) is 7.40. The predicted molar refractivity (Wildman–Crippen MR) is 122 cm³/mol. The quantitative estimate of drug-likeness (QED) is 0.487. The number of amides is 1. The van der Waals surface area contributed by atoms with Crippen LogP contribution in [0.2, 0.25) is 0 Å². The summed E-state index contributed by atoms with van der Waals surface area (Å²) in [4.78, 5) is 20.9. The minimum atomic E-state index is 0.0819. The predicted octanol–water partition coefficient (Wildman–Crippen LogP) is 6.63. The Labute approximate surface area is 179 Å². The summed E-state index contributed by atoms with van der Waals surface area (Å²) >= 11 is 5.00. The molecule has 1 heterocycles. The number of benzene rings is 2. The van der Waals surface area contributed by atoms with E-state index in [0.29, 0.717) is 5.92 Å². The summed E-state index contributed by atoms with van der Waals surface area (Å²) in [6.45, 7) is 2.26. The van der Waals surface area contributed by atoms with Crippen LogP contribution >= 0.6 is 27.7 Å². The van der Waals surface area contributed by atoms with E-state index in [1.54, 1.807) is 0 Å². The summed E-state index contributed by atoms with van der Waals surface area (Å²) in [5.74, 6) is 0.572. The number of hydrogen-bond donors (Lipinski definition) is 0. The lowest BCUT2D eigenvalue weighted by Crippen LogP contribution is -2.44. The van der Waals surface area contributed by atoms with Gasteiger partial charge in [0.15, 0.2) is 5.17 Å². The van der Waals surface area contributed by atoms with Crippen LogP contribution in [0.25, 0.3) is 6.08 Å². The number of halogens is 1. The van der Waals surface area contributed by atoms with Gasteiger partial charge in [-0.15, -0.1) is 0 Å². The number of carbonyl (C=O) groups is 1. The highest BCUT2D eigenvalue weighted by atomic mass is 79.9. The highest BCUT2D eigenvalue weighted by Gasteiger charge is 2.41. The molecule has 0 unspecified atom stereocenters. The zero-order valence-corrected chi connectivity index (χ0v) is 18.2. The minimum absolute atomic E-state index is 0.0819. The normalized spacial score (nSPS) is 25.6. The molecule has 1 saturated carbocycles. The van der Waals surface area contributed by atoms with Crippen LogP contribution in [-0.4, -0.2) is 22.0 Å². The summed E-state index contributed by atoms with van der Waals surface area (Å²) in [7, 11) is 0. The second kappa shape index (κ2) is 8.66.